The summed E-state index contributed by atoms with van der Waals surface area (Å²) in [5.41, 5.74) is 3.25. The van der Waals surface area contributed by atoms with Crippen molar-refractivity contribution < 1.29 is 19.4 Å². The van der Waals surface area contributed by atoms with Crippen molar-refractivity contribution in [2.45, 2.75) is 26.2 Å². The molecule has 0 unspecified atom stereocenters. The van der Waals surface area contributed by atoms with Crippen molar-refractivity contribution in [3.8, 4) is 11.5 Å². The molecular formula is C28H27NO5. The van der Waals surface area contributed by atoms with Crippen molar-refractivity contribution in [3.05, 3.63) is 129 Å². The van der Waals surface area contributed by atoms with Crippen LogP contribution in [0.15, 0.2) is 95.8 Å². The van der Waals surface area contributed by atoms with Crippen molar-refractivity contribution in [2.75, 3.05) is 7.11 Å². The minimum Gasteiger partial charge on any atom is -0.497 e. The highest BCUT2D eigenvalue weighted by atomic mass is 16.7. The smallest absolute Gasteiger partial charge is 0.224 e. The third-order valence-electron chi connectivity index (χ3n) is 5.50. The van der Waals surface area contributed by atoms with E-state index in [1.807, 2.05) is 84.9 Å². The zero-order chi connectivity index (χ0) is 23.9. The van der Waals surface area contributed by atoms with Gasteiger partial charge in [0.1, 0.15) is 18.1 Å². The minimum absolute atomic E-state index is 0.0591. The Morgan fingerprint density at radius 1 is 0.882 bits per heavy atom. The monoisotopic (exact) mass is 457 g/mol. The molecule has 34 heavy (non-hydrogen) atoms. The van der Waals surface area contributed by atoms with Crippen LogP contribution in [0.3, 0.4) is 0 Å². The Balaban J connectivity index is 1.69. The highest BCUT2D eigenvalue weighted by Crippen LogP contribution is 2.26. The van der Waals surface area contributed by atoms with Crippen LogP contribution < -0.4 is 19.7 Å². The number of aryl methyl sites for hydroxylation is 1. The lowest BCUT2D eigenvalue weighted by Gasteiger charge is -2.25. The second kappa shape index (κ2) is 10.7. The molecule has 0 spiro atoms. The van der Waals surface area contributed by atoms with Crippen molar-refractivity contribution in [2.24, 2.45) is 0 Å². The standard InChI is InChI=1S/C28H27NO5/c1-20-17-26(31)28(33-19-21-13-15-24(32-2)16-14-21)25(18-30)29(20)34-27(22-9-5-3-6-10-22)23-11-7-4-8-12-23/h3-17,27,30H,18-19H2,1-2H3. The molecular weight excluding hydrogens is 430 g/mol. The fraction of sp³-hybridized carbons (Fsp3) is 0.179. The van der Waals surface area contributed by atoms with Crippen LogP contribution in [-0.4, -0.2) is 16.9 Å². The van der Waals surface area contributed by atoms with E-state index in [4.69, 9.17) is 14.3 Å². The van der Waals surface area contributed by atoms with Gasteiger partial charge in [-0.15, -0.1) is 0 Å². The first-order valence-corrected chi connectivity index (χ1v) is 11.0. The zero-order valence-corrected chi connectivity index (χ0v) is 19.2. The molecule has 0 aliphatic carbocycles. The first-order valence-electron chi connectivity index (χ1n) is 11.0. The molecule has 0 aliphatic rings. The zero-order valence-electron chi connectivity index (χ0n) is 19.2. The molecule has 6 nitrogen and oxygen atoms in total. The Morgan fingerprint density at radius 2 is 1.47 bits per heavy atom. The minimum atomic E-state index is -0.455. The fourth-order valence-electron chi connectivity index (χ4n) is 3.75. The lowest BCUT2D eigenvalue weighted by molar-refractivity contribution is 0.0400. The number of aliphatic hydroxyl groups excluding tert-OH is 1. The summed E-state index contributed by atoms with van der Waals surface area (Å²) in [6.07, 6.45) is -0.455. The van der Waals surface area contributed by atoms with E-state index >= 15 is 0 Å². The Hall–Kier alpha value is -4.03. The van der Waals surface area contributed by atoms with Crippen molar-refractivity contribution in [3.63, 3.8) is 0 Å². The quantitative estimate of drug-likeness (QED) is 0.402. The topological polar surface area (TPSA) is 69.9 Å². The summed E-state index contributed by atoms with van der Waals surface area (Å²) in [4.78, 5) is 19.2. The highest BCUT2D eigenvalue weighted by molar-refractivity contribution is 5.33. The van der Waals surface area contributed by atoms with E-state index in [2.05, 4.69) is 0 Å². The van der Waals surface area contributed by atoms with Crippen LogP contribution in [0.5, 0.6) is 11.5 Å². The van der Waals surface area contributed by atoms with Gasteiger partial charge in [-0.05, 0) is 35.7 Å². The molecule has 0 saturated carbocycles. The third kappa shape index (κ3) is 5.13. The summed E-state index contributed by atoms with van der Waals surface area (Å²) in [5.74, 6) is 0.794. The van der Waals surface area contributed by atoms with Gasteiger partial charge in [-0.25, -0.2) is 0 Å². The molecule has 0 radical (unpaired) electrons. The number of hydrogen-bond donors (Lipinski definition) is 1. The van der Waals surface area contributed by atoms with E-state index in [0.29, 0.717) is 5.69 Å². The molecule has 3 aromatic carbocycles. The average molecular weight is 458 g/mol. The number of benzene rings is 3. The molecule has 0 amide bonds. The van der Waals surface area contributed by atoms with Crippen molar-refractivity contribution >= 4 is 0 Å². The van der Waals surface area contributed by atoms with Crippen LogP contribution in [0.2, 0.25) is 0 Å². The molecule has 0 bridgehead atoms. The summed E-state index contributed by atoms with van der Waals surface area (Å²) < 4.78 is 12.6. The molecule has 1 N–H and O–H groups in total. The number of aromatic nitrogens is 1. The lowest BCUT2D eigenvalue weighted by atomic mass is 10.0. The molecule has 1 aromatic heterocycles. The Bertz CT molecular complexity index is 1230. The molecule has 174 valence electrons. The van der Waals surface area contributed by atoms with Crippen LogP contribution in [0.25, 0.3) is 0 Å². The predicted octanol–water partition coefficient (Wildman–Crippen LogP) is 4.45. The molecule has 0 saturated heterocycles. The fourth-order valence-corrected chi connectivity index (χ4v) is 3.75. The highest BCUT2D eigenvalue weighted by Gasteiger charge is 2.22. The number of pyridine rings is 1. The van der Waals surface area contributed by atoms with Gasteiger partial charge in [0.2, 0.25) is 5.43 Å². The van der Waals surface area contributed by atoms with Gasteiger partial charge in [-0.1, -0.05) is 72.8 Å². The van der Waals surface area contributed by atoms with Gasteiger partial charge >= 0.3 is 0 Å². The number of nitrogens with zero attached hydrogens (tertiary/aromatic N) is 1. The van der Waals surface area contributed by atoms with E-state index in [1.165, 1.54) is 10.8 Å². The number of rotatable bonds is 9. The normalized spacial score (nSPS) is 10.8. The van der Waals surface area contributed by atoms with Gasteiger partial charge in [-0.2, -0.15) is 4.73 Å². The first-order chi connectivity index (χ1) is 16.6. The molecule has 0 aliphatic heterocycles. The summed E-state index contributed by atoms with van der Waals surface area (Å²) >= 11 is 0. The third-order valence-corrected chi connectivity index (χ3v) is 5.50. The second-order valence-corrected chi connectivity index (χ2v) is 7.82. The van der Waals surface area contributed by atoms with Crippen LogP contribution >= 0.6 is 0 Å². The lowest BCUT2D eigenvalue weighted by Crippen LogP contribution is -2.27. The van der Waals surface area contributed by atoms with E-state index < -0.39 is 12.7 Å². The van der Waals surface area contributed by atoms with Gasteiger partial charge in [0.05, 0.1) is 19.4 Å². The van der Waals surface area contributed by atoms with Gasteiger partial charge in [-0.3, -0.25) is 4.79 Å². The van der Waals surface area contributed by atoms with E-state index in [9.17, 15) is 9.90 Å². The molecule has 4 rings (SSSR count). The molecule has 0 atom stereocenters. The number of ether oxygens (including phenoxy) is 2. The van der Waals surface area contributed by atoms with E-state index in [0.717, 1.165) is 22.4 Å². The van der Waals surface area contributed by atoms with E-state index in [-0.39, 0.29) is 23.5 Å². The maximum Gasteiger partial charge on any atom is 0.224 e. The molecule has 1 heterocycles. The van der Waals surface area contributed by atoms with Crippen LogP contribution in [-0.2, 0) is 13.2 Å². The summed E-state index contributed by atoms with van der Waals surface area (Å²) in [5, 5.41) is 10.2. The number of aliphatic hydroxyl groups is 1. The van der Waals surface area contributed by atoms with Crippen LogP contribution in [0.4, 0.5) is 0 Å². The Labute approximate surface area is 198 Å². The van der Waals surface area contributed by atoms with Gasteiger partial charge in [0, 0.05) is 6.07 Å². The van der Waals surface area contributed by atoms with Crippen LogP contribution in [0.1, 0.15) is 34.2 Å². The van der Waals surface area contributed by atoms with Crippen molar-refractivity contribution in [1.29, 1.82) is 0 Å². The summed E-state index contributed by atoms with van der Waals surface area (Å²) in [7, 11) is 1.60. The van der Waals surface area contributed by atoms with Gasteiger partial charge in [0.25, 0.3) is 0 Å². The molecule has 4 aromatic rings. The van der Waals surface area contributed by atoms with Crippen molar-refractivity contribution in [1.82, 2.24) is 4.73 Å². The average Bonchev–Trinajstić information content (AvgIpc) is 2.88. The molecule has 0 fully saturated rings. The second-order valence-electron chi connectivity index (χ2n) is 7.82. The van der Waals surface area contributed by atoms with Crippen LogP contribution in [0, 0.1) is 6.92 Å². The van der Waals surface area contributed by atoms with E-state index in [1.54, 1.807) is 14.0 Å². The largest absolute Gasteiger partial charge is 0.497 e. The van der Waals surface area contributed by atoms with Gasteiger partial charge in [0.15, 0.2) is 11.9 Å². The molecule has 6 heteroatoms. The number of hydrogen-bond acceptors (Lipinski definition) is 5. The predicted molar refractivity (Wildman–Crippen MR) is 130 cm³/mol. The van der Waals surface area contributed by atoms with Gasteiger partial charge < -0.3 is 19.4 Å². The summed E-state index contributed by atoms with van der Waals surface area (Å²) in [6, 6.07) is 28.4. The number of methoxy groups -OCH3 is 1. The first kappa shape index (κ1) is 23.1. The SMILES string of the molecule is COc1ccc(COc2c(CO)n(OC(c3ccccc3)c3ccccc3)c(C)cc2=O)cc1. The Kier molecular flexibility index (Phi) is 7.30. The summed E-state index contributed by atoms with van der Waals surface area (Å²) in [6.45, 7) is 1.50. The maximum atomic E-state index is 12.8. The maximum absolute atomic E-state index is 12.8. The Morgan fingerprint density at radius 3 is 2.00 bits per heavy atom.